The van der Waals surface area contributed by atoms with Gasteiger partial charge in [-0.3, -0.25) is 4.79 Å². The molecule has 0 aliphatic carbocycles. The van der Waals surface area contributed by atoms with E-state index in [0.29, 0.717) is 32.4 Å². The first-order valence-corrected chi connectivity index (χ1v) is 8.08. The van der Waals surface area contributed by atoms with Gasteiger partial charge < -0.3 is 10.4 Å². The van der Waals surface area contributed by atoms with Gasteiger partial charge in [-0.25, -0.2) is 17.5 Å². The van der Waals surface area contributed by atoms with E-state index in [-0.39, 0.29) is 11.8 Å². The summed E-state index contributed by atoms with van der Waals surface area (Å²) in [4.78, 5) is 22.7. The quantitative estimate of drug-likeness (QED) is 0.720. The van der Waals surface area contributed by atoms with E-state index < -0.39 is 22.0 Å². The number of sulfonamides is 1. The molecular formula is C11H20N2O5S. The molecule has 1 heterocycles. The number of hydrogen-bond donors (Lipinski definition) is 2. The fraction of sp³-hybridized carbons (Fsp3) is 0.818. The minimum Gasteiger partial charge on any atom is -0.480 e. The van der Waals surface area contributed by atoms with Crippen LogP contribution in [0.3, 0.4) is 0 Å². The number of carbonyl (C=O) groups is 2. The minimum absolute atomic E-state index is 0.303. The predicted molar refractivity (Wildman–Crippen MR) is 69.0 cm³/mol. The molecule has 1 fully saturated rings. The topological polar surface area (TPSA) is 104 Å². The Morgan fingerprint density at radius 2 is 1.89 bits per heavy atom. The second-order valence-corrected chi connectivity index (χ2v) is 6.73. The number of hydrogen-bond acceptors (Lipinski definition) is 4. The largest absolute Gasteiger partial charge is 0.480 e. The lowest BCUT2D eigenvalue weighted by Gasteiger charge is -2.30. The molecule has 0 radical (unpaired) electrons. The molecule has 0 saturated carbocycles. The van der Waals surface area contributed by atoms with Crippen LogP contribution in [0.25, 0.3) is 0 Å². The molecule has 0 spiro atoms. The molecule has 7 nitrogen and oxygen atoms in total. The zero-order valence-electron chi connectivity index (χ0n) is 11.1. The molecule has 0 aromatic rings. The Bertz CT molecular complexity index is 440. The van der Waals surface area contributed by atoms with Crippen molar-refractivity contribution >= 4 is 21.9 Å². The molecule has 1 aliphatic heterocycles. The molecule has 0 aromatic carbocycles. The summed E-state index contributed by atoms with van der Waals surface area (Å²) in [6, 6.07) is -0.875. The fourth-order valence-electron chi connectivity index (χ4n) is 2.08. The zero-order valence-corrected chi connectivity index (χ0v) is 11.9. The van der Waals surface area contributed by atoms with Crippen LogP contribution in [0.4, 0.5) is 0 Å². The maximum absolute atomic E-state index is 11.9. The van der Waals surface area contributed by atoms with Crippen molar-refractivity contribution in [3.8, 4) is 0 Å². The first kappa shape index (κ1) is 15.9. The van der Waals surface area contributed by atoms with Gasteiger partial charge in [0.2, 0.25) is 15.9 Å². The highest BCUT2D eigenvalue weighted by molar-refractivity contribution is 7.88. The standard InChI is InChI=1S/C11H20N2O5S/c1-3-9(11(15)16)12-10(14)8-4-6-13(7-5-8)19(2,17)18/h8-9H,3-7H2,1-2H3,(H,12,14)(H,15,16)/t9-/m0/s1. The first-order valence-electron chi connectivity index (χ1n) is 6.24. The van der Waals surface area contributed by atoms with E-state index >= 15 is 0 Å². The SMILES string of the molecule is CC[C@H](NC(=O)C1CCN(S(C)(=O)=O)CC1)C(=O)O. The number of carboxylic acids is 1. The molecule has 110 valence electrons. The molecule has 1 aliphatic rings. The van der Waals surface area contributed by atoms with E-state index in [0.717, 1.165) is 6.26 Å². The van der Waals surface area contributed by atoms with Crippen LogP contribution in [0, 0.1) is 5.92 Å². The van der Waals surface area contributed by atoms with Crippen molar-refractivity contribution < 1.29 is 23.1 Å². The summed E-state index contributed by atoms with van der Waals surface area (Å²) in [7, 11) is -3.21. The second-order valence-electron chi connectivity index (χ2n) is 4.74. The smallest absolute Gasteiger partial charge is 0.326 e. The van der Waals surface area contributed by atoms with E-state index in [1.54, 1.807) is 6.92 Å². The Morgan fingerprint density at radius 1 is 1.37 bits per heavy atom. The fourth-order valence-corrected chi connectivity index (χ4v) is 2.95. The average Bonchev–Trinajstić information content (AvgIpc) is 2.34. The Kier molecular flexibility index (Phi) is 5.30. The van der Waals surface area contributed by atoms with Crippen molar-refractivity contribution in [2.45, 2.75) is 32.2 Å². The number of piperidine rings is 1. The molecule has 0 unspecified atom stereocenters. The number of nitrogens with zero attached hydrogens (tertiary/aromatic N) is 1. The van der Waals surface area contributed by atoms with Gasteiger partial charge in [0.15, 0.2) is 0 Å². The molecule has 1 amide bonds. The monoisotopic (exact) mass is 292 g/mol. The van der Waals surface area contributed by atoms with E-state index in [1.807, 2.05) is 0 Å². The number of amides is 1. The third-order valence-corrected chi connectivity index (χ3v) is 4.62. The Labute approximate surface area is 113 Å². The van der Waals surface area contributed by atoms with E-state index in [9.17, 15) is 18.0 Å². The lowest BCUT2D eigenvalue weighted by Crippen LogP contribution is -2.47. The van der Waals surface area contributed by atoms with Gasteiger partial charge in [-0.2, -0.15) is 0 Å². The van der Waals surface area contributed by atoms with Crippen LogP contribution >= 0.6 is 0 Å². The highest BCUT2D eigenvalue weighted by Crippen LogP contribution is 2.19. The van der Waals surface area contributed by atoms with Crippen molar-refractivity contribution in [2.24, 2.45) is 5.92 Å². The highest BCUT2D eigenvalue weighted by atomic mass is 32.2. The van der Waals surface area contributed by atoms with Gasteiger partial charge in [-0.05, 0) is 19.3 Å². The summed E-state index contributed by atoms with van der Waals surface area (Å²) >= 11 is 0. The van der Waals surface area contributed by atoms with Gasteiger partial charge in [-0.1, -0.05) is 6.92 Å². The summed E-state index contributed by atoms with van der Waals surface area (Å²) in [6.07, 6.45) is 2.32. The lowest BCUT2D eigenvalue weighted by atomic mass is 9.97. The van der Waals surface area contributed by atoms with Crippen molar-refractivity contribution in [2.75, 3.05) is 19.3 Å². The Hall–Kier alpha value is -1.15. The van der Waals surface area contributed by atoms with Crippen molar-refractivity contribution in [3.63, 3.8) is 0 Å². The maximum Gasteiger partial charge on any atom is 0.326 e. The Balaban J connectivity index is 2.51. The van der Waals surface area contributed by atoms with Crippen LogP contribution in [0.1, 0.15) is 26.2 Å². The van der Waals surface area contributed by atoms with Crippen LogP contribution in [0.5, 0.6) is 0 Å². The molecule has 1 rings (SSSR count). The summed E-state index contributed by atoms with van der Waals surface area (Å²) in [6.45, 7) is 2.30. The normalized spacial score (nSPS) is 19.9. The van der Waals surface area contributed by atoms with E-state index in [2.05, 4.69) is 5.32 Å². The zero-order chi connectivity index (χ0) is 14.6. The number of nitrogens with one attached hydrogen (secondary N) is 1. The number of rotatable bonds is 5. The summed E-state index contributed by atoms with van der Waals surface area (Å²) in [5.41, 5.74) is 0. The third kappa shape index (κ3) is 4.46. The summed E-state index contributed by atoms with van der Waals surface area (Å²) < 4.78 is 24.0. The summed E-state index contributed by atoms with van der Waals surface area (Å²) in [5.74, 6) is -1.67. The molecule has 0 aromatic heterocycles. The molecule has 0 bridgehead atoms. The molecule has 2 N–H and O–H groups in total. The average molecular weight is 292 g/mol. The van der Waals surface area contributed by atoms with E-state index in [4.69, 9.17) is 5.11 Å². The van der Waals surface area contributed by atoms with E-state index in [1.165, 1.54) is 4.31 Å². The first-order chi connectivity index (χ1) is 8.75. The van der Waals surface area contributed by atoms with Crippen LogP contribution < -0.4 is 5.32 Å². The predicted octanol–water partition coefficient (Wildman–Crippen LogP) is -0.363. The van der Waals surface area contributed by atoms with Gasteiger partial charge in [0.05, 0.1) is 6.26 Å². The molecular weight excluding hydrogens is 272 g/mol. The molecule has 1 atom stereocenters. The number of carboxylic acid groups (broad SMARTS) is 1. The van der Waals surface area contributed by atoms with Gasteiger partial charge in [-0.15, -0.1) is 0 Å². The minimum atomic E-state index is -3.21. The van der Waals surface area contributed by atoms with Crippen molar-refractivity contribution in [3.05, 3.63) is 0 Å². The molecule has 19 heavy (non-hydrogen) atoms. The van der Waals surface area contributed by atoms with Gasteiger partial charge in [0.1, 0.15) is 6.04 Å². The molecule has 8 heteroatoms. The molecule has 1 saturated heterocycles. The van der Waals surface area contributed by atoms with Crippen LogP contribution in [0.2, 0.25) is 0 Å². The van der Waals surface area contributed by atoms with Gasteiger partial charge in [0.25, 0.3) is 0 Å². The van der Waals surface area contributed by atoms with Gasteiger partial charge in [0, 0.05) is 19.0 Å². The Morgan fingerprint density at radius 3 is 2.26 bits per heavy atom. The van der Waals surface area contributed by atoms with Crippen LogP contribution in [-0.2, 0) is 19.6 Å². The van der Waals surface area contributed by atoms with Crippen molar-refractivity contribution in [1.82, 2.24) is 9.62 Å². The third-order valence-electron chi connectivity index (χ3n) is 3.32. The van der Waals surface area contributed by atoms with Crippen LogP contribution in [-0.4, -0.2) is 55.1 Å². The maximum atomic E-state index is 11.9. The second kappa shape index (κ2) is 6.33. The number of aliphatic carboxylic acids is 1. The summed E-state index contributed by atoms with van der Waals surface area (Å²) in [5, 5.41) is 11.3. The number of carbonyl (C=O) groups excluding carboxylic acids is 1. The lowest BCUT2D eigenvalue weighted by molar-refractivity contribution is -0.142. The van der Waals surface area contributed by atoms with Crippen molar-refractivity contribution in [1.29, 1.82) is 0 Å². The van der Waals surface area contributed by atoms with Crippen LogP contribution in [0.15, 0.2) is 0 Å². The highest BCUT2D eigenvalue weighted by Gasteiger charge is 2.30. The van der Waals surface area contributed by atoms with Gasteiger partial charge >= 0.3 is 5.97 Å².